The van der Waals surface area contributed by atoms with Gasteiger partial charge in [-0.1, -0.05) is 26.7 Å². The topological polar surface area (TPSA) is 81.1 Å². The molecule has 7 heteroatoms. The quantitative estimate of drug-likeness (QED) is 0.509. The fraction of sp³-hybridized carbons (Fsp3) is 0.875. The molecule has 0 aromatic carbocycles. The van der Waals surface area contributed by atoms with Gasteiger partial charge in [-0.05, 0) is 40.0 Å². The molecule has 0 unspecified atom stereocenters. The first kappa shape index (κ1) is 27.2. The molecule has 0 aliphatic carbocycles. The summed E-state index contributed by atoms with van der Waals surface area (Å²) in [4.78, 5) is 24.4. The van der Waals surface area contributed by atoms with E-state index in [0.29, 0.717) is 13.1 Å². The van der Waals surface area contributed by atoms with Crippen LogP contribution in [0.25, 0.3) is 0 Å². The van der Waals surface area contributed by atoms with Gasteiger partial charge in [0.25, 0.3) is 0 Å². The molecule has 0 aromatic rings. The van der Waals surface area contributed by atoms with Gasteiger partial charge in [0.05, 0.1) is 12.8 Å². The Kier molecular flexibility index (Phi) is 23.0. The van der Waals surface area contributed by atoms with Gasteiger partial charge in [-0.25, -0.2) is 0 Å². The van der Waals surface area contributed by atoms with Crippen molar-refractivity contribution in [3.05, 3.63) is 0 Å². The third-order valence-corrected chi connectivity index (χ3v) is 3.20. The molecule has 0 saturated carbocycles. The van der Waals surface area contributed by atoms with Crippen LogP contribution in [0.5, 0.6) is 0 Å². The van der Waals surface area contributed by atoms with Crippen LogP contribution in [0.2, 0.25) is 0 Å². The molecule has 0 aromatic heterocycles. The van der Waals surface area contributed by atoms with E-state index in [1.165, 1.54) is 0 Å². The summed E-state index contributed by atoms with van der Waals surface area (Å²) in [7, 11) is 3.91. The monoisotopic (exact) mass is 376 g/mol. The Morgan fingerprint density at radius 2 is 1.04 bits per heavy atom. The maximum absolute atomic E-state index is 10.2. The van der Waals surface area contributed by atoms with E-state index in [1.54, 1.807) is 0 Å². The van der Waals surface area contributed by atoms with Crippen LogP contribution in [0.15, 0.2) is 0 Å². The van der Waals surface area contributed by atoms with E-state index in [-0.39, 0.29) is 29.3 Å². The number of hydrogen-bond acceptors (Lipinski definition) is 4. The van der Waals surface area contributed by atoms with Crippen LogP contribution >= 0.6 is 0 Å². The van der Waals surface area contributed by atoms with Gasteiger partial charge in [0.2, 0.25) is 0 Å². The Bertz CT molecular complexity index is 263. The average Bonchev–Trinajstić information content (AvgIpc) is 2.47. The summed E-state index contributed by atoms with van der Waals surface area (Å²) in [6, 6.07) is 0. The van der Waals surface area contributed by atoms with E-state index in [2.05, 4.69) is 23.6 Å². The molecule has 142 valence electrons. The molecule has 0 heterocycles. The summed E-state index contributed by atoms with van der Waals surface area (Å²) >= 11 is 0. The number of carbonyl (C=O) groups is 2. The predicted molar refractivity (Wildman–Crippen MR) is 89.3 cm³/mol. The molecule has 0 radical (unpaired) electrons. The second-order valence-corrected chi connectivity index (χ2v) is 5.60. The van der Waals surface area contributed by atoms with Gasteiger partial charge in [0.15, 0.2) is 0 Å². The number of nitrogens with zero attached hydrogens (tertiary/aromatic N) is 2. The number of hydrogen-bond donors (Lipinski definition) is 2. The molecule has 0 rings (SSSR count). The summed E-state index contributed by atoms with van der Waals surface area (Å²) in [6.07, 6.45) is 5.13. The van der Waals surface area contributed by atoms with Crippen LogP contribution in [0.4, 0.5) is 0 Å². The molecule has 0 aliphatic rings. The van der Waals surface area contributed by atoms with Crippen molar-refractivity contribution in [1.29, 1.82) is 0 Å². The zero-order chi connectivity index (χ0) is 17.4. The average molecular weight is 377 g/mol. The van der Waals surface area contributed by atoms with E-state index in [1.807, 2.05) is 14.1 Å². The van der Waals surface area contributed by atoms with E-state index < -0.39 is 11.9 Å². The van der Waals surface area contributed by atoms with Crippen LogP contribution in [0, 0.1) is 0 Å². The van der Waals surface area contributed by atoms with Crippen LogP contribution in [0.1, 0.15) is 52.4 Å². The molecule has 23 heavy (non-hydrogen) atoms. The van der Waals surface area contributed by atoms with Crippen molar-refractivity contribution >= 4 is 11.9 Å². The fourth-order valence-electron chi connectivity index (χ4n) is 1.65. The number of unbranched alkanes of at least 4 members (excludes halogenated alkanes) is 2. The molecule has 0 saturated heterocycles. The third kappa shape index (κ3) is 26.6. The molecular formula is C16H34N2NiO4. The number of carboxylic acid groups (broad SMARTS) is 2. The first-order valence-corrected chi connectivity index (χ1v) is 8.14. The molecule has 0 atom stereocenters. The van der Waals surface area contributed by atoms with Crippen molar-refractivity contribution < 1.29 is 36.3 Å². The van der Waals surface area contributed by atoms with Crippen molar-refractivity contribution in [3.63, 3.8) is 0 Å². The van der Waals surface area contributed by atoms with Crippen molar-refractivity contribution in [3.8, 4) is 0 Å². The third-order valence-electron chi connectivity index (χ3n) is 3.20. The molecule has 6 nitrogen and oxygen atoms in total. The van der Waals surface area contributed by atoms with E-state index in [9.17, 15) is 9.59 Å². The first-order chi connectivity index (χ1) is 10.3. The normalized spacial score (nSPS) is 10.0. The second-order valence-electron chi connectivity index (χ2n) is 5.60. The standard InChI is InChI=1S/2C8H17NO2.Ni/c2*1-3-4-6-9(2)7-5-8(10)11;/h2*3-7H2,1-2H3,(H,10,11);. The van der Waals surface area contributed by atoms with Gasteiger partial charge in [-0.3, -0.25) is 9.59 Å². The van der Waals surface area contributed by atoms with Crippen LogP contribution in [-0.4, -0.2) is 72.2 Å². The van der Waals surface area contributed by atoms with Gasteiger partial charge in [0.1, 0.15) is 0 Å². The van der Waals surface area contributed by atoms with Gasteiger partial charge >= 0.3 is 11.9 Å². The summed E-state index contributed by atoms with van der Waals surface area (Å²) in [5.41, 5.74) is 0. The Labute approximate surface area is 151 Å². The largest absolute Gasteiger partial charge is 0.481 e. The van der Waals surface area contributed by atoms with Crippen LogP contribution < -0.4 is 0 Å². The Balaban J connectivity index is -0.000000333. The summed E-state index contributed by atoms with van der Waals surface area (Å²) in [5, 5.41) is 16.7. The van der Waals surface area contributed by atoms with E-state index in [4.69, 9.17) is 10.2 Å². The Hall–Kier alpha value is -0.646. The van der Waals surface area contributed by atoms with Crippen molar-refractivity contribution in [2.24, 2.45) is 0 Å². The number of aliphatic carboxylic acids is 2. The zero-order valence-electron chi connectivity index (χ0n) is 15.0. The summed E-state index contributed by atoms with van der Waals surface area (Å²) in [5.74, 6) is -1.43. The molecule has 0 fully saturated rings. The summed E-state index contributed by atoms with van der Waals surface area (Å²) < 4.78 is 0. The molecule has 2 N–H and O–H groups in total. The van der Waals surface area contributed by atoms with Gasteiger partial charge in [-0.15, -0.1) is 0 Å². The maximum Gasteiger partial charge on any atom is 0.304 e. The molecule has 0 amide bonds. The summed E-state index contributed by atoms with van der Waals surface area (Å²) in [6.45, 7) is 7.59. The van der Waals surface area contributed by atoms with E-state index >= 15 is 0 Å². The second kappa shape index (κ2) is 19.4. The smallest absolute Gasteiger partial charge is 0.304 e. The molecule has 0 aliphatic heterocycles. The first-order valence-electron chi connectivity index (χ1n) is 8.14. The van der Waals surface area contributed by atoms with Crippen molar-refractivity contribution in [2.45, 2.75) is 52.4 Å². The van der Waals surface area contributed by atoms with Crippen LogP contribution in [0.3, 0.4) is 0 Å². The minimum Gasteiger partial charge on any atom is -0.481 e. The molecular weight excluding hydrogens is 343 g/mol. The zero-order valence-corrected chi connectivity index (χ0v) is 16.0. The van der Waals surface area contributed by atoms with Crippen LogP contribution in [-0.2, 0) is 26.1 Å². The fourth-order valence-corrected chi connectivity index (χ4v) is 1.65. The van der Waals surface area contributed by atoms with E-state index in [0.717, 1.165) is 38.8 Å². The van der Waals surface area contributed by atoms with Gasteiger partial charge < -0.3 is 20.0 Å². The Morgan fingerprint density at radius 3 is 1.26 bits per heavy atom. The molecule has 0 bridgehead atoms. The predicted octanol–water partition coefficient (Wildman–Crippen LogP) is 2.38. The van der Waals surface area contributed by atoms with Crippen molar-refractivity contribution in [1.82, 2.24) is 9.80 Å². The molecule has 0 spiro atoms. The SMILES string of the molecule is CCCCN(C)CCC(=O)O.CCCCN(C)CCC(=O)O.[Ni]. The minimum absolute atomic E-state index is 0. The van der Waals surface area contributed by atoms with Crippen molar-refractivity contribution in [2.75, 3.05) is 40.3 Å². The Morgan fingerprint density at radius 1 is 0.739 bits per heavy atom. The number of rotatable bonds is 12. The maximum atomic E-state index is 10.2. The van der Waals surface area contributed by atoms with Gasteiger partial charge in [0, 0.05) is 29.6 Å². The number of carboxylic acids is 2. The van der Waals surface area contributed by atoms with Gasteiger partial charge in [-0.2, -0.15) is 0 Å². The minimum atomic E-state index is -0.714.